The number of carboxylic acid groups (broad SMARTS) is 1. The number of carbonyl (C=O) groups is 4. The van der Waals surface area contributed by atoms with Crippen LogP contribution < -0.4 is 5.32 Å². The van der Waals surface area contributed by atoms with Crippen molar-refractivity contribution in [3.8, 4) is 0 Å². The van der Waals surface area contributed by atoms with Crippen molar-refractivity contribution in [1.82, 2.24) is 10.2 Å². The van der Waals surface area contributed by atoms with Crippen LogP contribution >= 0.6 is 0 Å². The Morgan fingerprint density at radius 2 is 1.26 bits per heavy atom. The number of carbonyl (C=O) groups excluding carboxylic acids is 3. The van der Waals surface area contributed by atoms with E-state index in [-0.39, 0.29) is 58.3 Å². The first-order valence-electron chi connectivity index (χ1n) is 16.5. The molecular weight excluding hydrogens is 540 g/mol. The molecule has 0 aromatic rings. The van der Waals surface area contributed by atoms with Crippen LogP contribution in [0, 0.1) is 27.6 Å². The summed E-state index contributed by atoms with van der Waals surface area (Å²) in [5.74, 6) is -1.18. The van der Waals surface area contributed by atoms with Crippen LogP contribution in [0.3, 0.4) is 0 Å². The van der Waals surface area contributed by atoms with Gasteiger partial charge >= 0.3 is 5.97 Å². The van der Waals surface area contributed by atoms with Crippen LogP contribution in [0.4, 0.5) is 0 Å². The van der Waals surface area contributed by atoms with E-state index in [0.717, 1.165) is 44.9 Å². The fraction of sp³-hybridized carbons (Fsp3) is 0.889. The van der Waals surface area contributed by atoms with Crippen LogP contribution in [0.1, 0.15) is 168 Å². The summed E-state index contributed by atoms with van der Waals surface area (Å²) >= 11 is 0. The van der Waals surface area contributed by atoms with E-state index in [4.69, 9.17) is 5.11 Å². The first-order chi connectivity index (χ1) is 19.1. The highest BCUT2D eigenvalue weighted by atomic mass is 16.4. The van der Waals surface area contributed by atoms with E-state index in [1.54, 1.807) is 0 Å². The molecule has 254 valence electrons. The van der Waals surface area contributed by atoms with Crippen molar-refractivity contribution in [2.75, 3.05) is 6.54 Å². The normalized spacial score (nSPS) is 17.4. The SMILES string of the molecule is CC(C)(C)C.CC(C)(C)CCCN1C(=O)CC(C(C)(C)C)C1=O.CCCCC(C)(CCC(C)(C)C)NC(=O)CCC(=O)O. The van der Waals surface area contributed by atoms with Gasteiger partial charge in [0, 0.05) is 24.9 Å². The average Bonchev–Trinajstić information content (AvgIpc) is 3.07. The highest BCUT2D eigenvalue weighted by Gasteiger charge is 2.44. The van der Waals surface area contributed by atoms with E-state index >= 15 is 0 Å². The number of unbranched alkanes of at least 4 members (excludes halogenated alkanes) is 1. The lowest BCUT2D eigenvalue weighted by Crippen LogP contribution is -2.46. The van der Waals surface area contributed by atoms with Gasteiger partial charge in [0.25, 0.3) is 0 Å². The minimum Gasteiger partial charge on any atom is -0.481 e. The van der Waals surface area contributed by atoms with Gasteiger partial charge in [0.1, 0.15) is 0 Å². The van der Waals surface area contributed by atoms with Crippen molar-refractivity contribution in [2.24, 2.45) is 27.6 Å². The fourth-order valence-corrected chi connectivity index (χ4v) is 4.45. The van der Waals surface area contributed by atoms with Crippen LogP contribution in [-0.4, -0.2) is 45.8 Å². The van der Waals surface area contributed by atoms with Crippen LogP contribution in [-0.2, 0) is 19.2 Å². The zero-order valence-electron chi connectivity index (χ0n) is 30.9. The average molecular weight is 611 g/mol. The molecule has 0 radical (unpaired) electrons. The molecule has 1 saturated heterocycles. The van der Waals surface area contributed by atoms with E-state index in [2.05, 4.69) is 88.4 Å². The van der Waals surface area contributed by atoms with Gasteiger partial charge in [-0.05, 0) is 60.7 Å². The molecular formula is C36H70N2O5. The molecule has 0 saturated carbocycles. The maximum atomic E-state index is 12.2. The summed E-state index contributed by atoms with van der Waals surface area (Å²) in [5, 5.41) is 11.7. The third kappa shape index (κ3) is 24.1. The Balaban J connectivity index is 0. The van der Waals surface area contributed by atoms with Crippen LogP contribution in [0.5, 0.6) is 0 Å². The molecule has 7 nitrogen and oxygen atoms in total. The first kappa shape index (κ1) is 43.2. The van der Waals surface area contributed by atoms with Gasteiger partial charge in [-0.3, -0.25) is 24.1 Å². The first-order valence-corrected chi connectivity index (χ1v) is 16.5. The lowest BCUT2D eigenvalue weighted by Gasteiger charge is -2.34. The minimum atomic E-state index is -0.926. The Bertz CT molecular complexity index is 862. The number of nitrogens with zero attached hydrogens (tertiary/aromatic N) is 1. The fourth-order valence-electron chi connectivity index (χ4n) is 4.45. The summed E-state index contributed by atoms with van der Waals surface area (Å²) in [6, 6.07) is 0. The second-order valence-corrected chi connectivity index (χ2v) is 17.8. The molecule has 2 unspecified atom stereocenters. The minimum absolute atomic E-state index is 0.00818. The molecule has 0 bridgehead atoms. The van der Waals surface area contributed by atoms with E-state index in [1.165, 1.54) is 4.90 Å². The molecule has 43 heavy (non-hydrogen) atoms. The number of rotatable bonds is 12. The van der Waals surface area contributed by atoms with Crippen molar-refractivity contribution in [1.29, 1.82) is 0 Å². The Hall–Kier alpha value is -1.92. The summed E-state index contributed by atoms with van der Waals surface area (Å²) in [6.45, 7) is 32.8. The van der Waals surface area contributed by atoms with Crippen molar-refractivity contribution in [2.45, 2.75) is 174 Å². The maximum absolute atomic E-state index is 12.2. The van der Waals surface area contributed by atoms with E-state index in [1.807, 2.05) is 20.8 Å². The number of nitrogens with one attached hydrogen (secondary N) is 1. The lowest BCUT2D eigenvalue weighted by atomic mass is 9.80. The molecule has 2 N–H and O–H groups in total. The molecule has 2 atom stereocenters. The number of amides is 3. The van der Waals surface area contributed by atoms with E-state index in [0.29, 0.717) is 18.4 Å². The highest BCUT2D eigenvalue weighted by Crippen LogP contribution is 2.35. The summed E-state index contributed by atoms with van der Waals surface area (Å²) < 4.78 is 0. The van der Waals surface area contributed by atoms with Crippen molar-refractivity contribution >= 4 is 23.7 Å². The number of likely N-dealkylation sites (tertiary alicyclic amines) is 1. The number of hydrogen-bond donors (Lipinski definition) is 2. The van der Waals surface area contributed by atoms with Crippen molar-refractivity contribution in [3.63, 3.8) is 0 Å². The molecule has 0 aromatic carbocycles. The molecule has 1 aliphatic rings. The monoisotopic (exact) mass is 611 g/mol. The van der Waals surface area contributed by atoms with Gasteiger partial charge in [0.15, 0.2) is 0 Å². The zero-order valence-corrected chi connectivity index (χ0v) is 30.9. The maximum Gasteiger partial charge on any atom is 0.303 e. The van der Waals surface area contributed by atoms with Crippen LogP contribution in [0.25, 0.3) is 0 Å². The summed E-state index contributed by atoms with van der Waals surface area (Å²) in [5.41, 5.74) is 0.652. The van der Waals surface area contributed by atoms with E-state index < -0.39 is 5.97 Å². The predicted molar refractivity (Wildman–Crippen MR) is 180 cm³/mol. The summed E-state index contributed by atoms with van der Waals surface area (Å²) in [6.07, 6.45) is 7.34. The highest BCUT2D eigenvalue weighted by molar-refractivity contribution is 6.03. The Morgan fingerprint density at radius 1 is 0.767 bits per heavy atom. The second-order valence-electron chi connectivity index (χ2n) is 17.8. The van der Waals surface area contributed by atoms with Gasteiger partial charge in [0.2, 0.25) is 17.7 Å². The number of aliphatic carboxylic acids is 1. The smallest absolute Gasteiger partial charge is 0.303 e. The zero-order chi connectivity index (χ0) is 34.4. The van der Waals surface area contributed by atoms with Crippen LogP contribution in [0.2, 0.25) is 0 Å². The second kappa shape index (κ2) is 18.1. The van der Waals surface area contributed by atoms with Gasteiger partial charge in [-0.2, -0.15) is 0 Å². The molecule has 0 aromatic heterocycles. The lowest BCUT2D eigenvalue weighted by molar-refractivity contribution is -0.140. The molecule has 1 aliphatic heterocycles. The third-order valence-electron chi connectivity index (χ3n) is 7.11. The number of hydrogen-bond acceptors (Lipinski definition) is 4. The van der Waals surface area contributed by atoms with Crippen molar-refractivity contribution < 1.29 is 24.3 Å². The van der Waals surface area contributed by atoms with E-state index in [9.17, 15) is 19.2 Å². The summed E-state index contributed by atoms with van der Waals surface area (Å²) in [7, 11) is 0. The van der Waals surface area contributed by atoms with Gasteiger partial charge < -0.3 is 10.4 Å². The largest absolute Gasteiger partial charge is 0.481 e. The standard InChI is InChI=1S/C16H31NO3.C15H27NO2.C5H12/c1-6-7-10-16(5,12-11-15(2,3)4)17-13(18)8-9-14(19)20;1-14(2,3)8-7-9-16-12(17)10-11(13(16)18)15(4,5)6;1-5(2,3)4/h6-12H2,1-5H3,(H,17,18)(H,19,20);11H,7-10H2,1-6H3;1-4H3. The predicted octanol–water partition coefficient (Wildman–Crippen LogP) is 9.03. The molecule has 1 rings (SSSR count). The van der Waals surface area contributed by atoms with Gasteiger partial charge in [-0.25, -0.2) is 0 Å². The number of carboxylic acids is 1. The Morgan fingerprint density at radius 3 is 1.63 bits per heavy atom. The van der Waals surface area contributed by atoms with Gasteiger partial charge in [-0.1, -0.05) is 110 Å². The molecule has 7 heteroatoms. The number of imide groups is 1. The summed E-state index contributed by atoms with van der Waals surface area (Å²) in [4.78, 5) is 48.0. The van der Waals surface area contributed by atoms with Crippen molar-refractivity contribution in [3.05, 3.63) is 0 Å². The van der Waals surface area contributed by atoms with Gasteiger partial charge in [-0.15, -0.1) is 0 Å². The molecule has 1 heterocycles. The molecule has 3 amide bonds. The van der Waals surface area contributed by atoms with Crippen LogP contribution in [0.15, 0.2) is 0 Å². The molecule has 0 spiro atoms. The van der Waals surface area contributed by atoms with Gasteiger partial charge in [0.05, 0.1) is 12.3 Å². The molecule has 0 aliphatic carbocycles. The molecule has 1 fully saturated rings. The Labute approximate surface area is 265 Å². The Kier molecular flexibility index (Phi) is 18.2. The topological polar surface area (TPSA) is 104 Å². The third-order valence-corrected chi connectivity index (χ3v) is 7.11. The quantitative estimate of drug-likeness (QED) is 0.215.